The average molecular weight is 374 g/mol. The van der Waals surface area contributed by atoms with E-state index in [1.165, 1.54) is 23.7 Å². The number of rotatable bonds is 6. The summed E-state index contributed by atoms with van der Waals surface area (Å²) >= 11 is 1.41. The Balaban J connectivity index is 1.66. The summed E-state index contributed by atoms with van der Waals surface area (Å²) in [5, 5.41) is 12.6. The van der Waals surface area contributed by atoms with Crippen molar-refractivity contribution < 1.29 is 4.79 Å². The molecule has 1 aromatic carbocycles. The highest BCUT2D eigenvalue weighted by molar-refractivity contribution is 7.99. The molecule has 0 aliphatic carbocycles. The lowest BCUT2D eigenvalue weighted by Gasteiger charge is -2.35. The summed E-state index contributed by atoms with van der Waals surface area (Å²) < 4.78 is 1.70. The van der Waals surface area contributed by atoms with Crippen molar-refractivity contribution in [3.8, 4) is 5.69 Å². The second-order valence-electron chi connectivity index (χ2n) is 7.05. The predicted molar refractivity (Wildman–Crippen MR) is 104 cm³/mol. The molecule has 140 valence electrons. The number of benzene rings is 1. The molecular weight excluding hydrogens is 346 g/mol. The highest BCUT2D eigenvalue weighted by Gasteiger charge is 2.25. The second kappa shape index (κ2) is 8.66. The van der Waals surface area contributed by atoms with Crippen molar-refractivity contribution in [2.75, 3.05) is 12.3 Å². The molecule has 1 atom stereocenters. The van der Waals surface area contributed by atoms with E-state index in [-0.39, 0.29) is 5.91 Å². The van der Waals surface area contributed by atoms with Crippen LogP contribution in [-0.4, -0.2) is 49.4 Å². The van der Waals surface area contributed by atoms with Gasteiger partial charge in [-0.3, -0.25) is 4.79 Å². The monoisotopic (exact) mass is 373 g/mol. The molecule has 0 spiro atoms. The van der Waals surface area contributed by atoms with Crippen LogP contribution in [0, 0.1) is 0 Å². The van der Waals surface area contributed by atoms with Crippen LogP contribution in [0.25, 0.3) is 5.69 Å². The topological polar surface area (TPSA) is 63.9 Å². The fourth-order valence-corrected chi connectivity index (χ4v) is 4.17. The fraction of sp³-hybridized carbons (Fsp3) is 0.579. The number of thioether (sulfide) groups is 1. The van der Waals surface area contributed by atoms with Crippen molar-refractivity contribution >= 4 is 17.7 Å². The first-order chi connectivity index (χ1) is 12.6. The molecule has 0 saturated carbocycles. The predicted octanol–water partition coefficient (Wildman–Crippen LogP) is 3.67. The zero-order valence-corrected chi connectivity index (χ0v) is 16.6. The van der Waals surface area contributed by atoms with Gasteiger partial charge in [-0.2, -0.15) is 4.68 Å². The van der Waals surface area contributed by atoms with E-state index in [2.05, 4.69) is 48.4 Å². The molecule has 1 aliphatic heterocycles. The third-order valence-corrected chi connectivity index (χ3v) is 5.89. The number of hydrogen-bond acceptors (Lipinski definition) is 5. The molecule has 0 bridgehead atoms. The lowest BCUT2D eigenvalue weighted by molar-refractivity contribution is -0.132. The van der Waals surface area contributed by atoms with E-state index in [9.17, 15) is 4.79 Å². The molecule has 1 amide bonds. The summed E-state index contributed by atoms with van der Waals surface area (Å²) in [5.41, 5.74) is 2.20. The van der Waals surface area contributed by atoms with Crippen molar-refractivity contribution in [1.82, 2.24) is 25.1 Å². The number of amides is 1. The molecule has 1 fully saturated rings. The molecule has 0 radical (unpaired) electrons. The molecular formula is C19H27N5OS. The van der Waals surface area contributed by atoms with Crippen LogP contribution in [0.3, 0.4) is 0 Å². The summed E-state index contributed by atoms with van der Waals surface area (Å²) in [7, 11) is 0. The van der Waals surface area contributed by atoms with Gasteiger partial charge in [0.2, 0.25) is 11.1 Å². The Hall–Kier alpha value is -1.89. The molecule has 26 heavy (non-hydrogen) atoms. The van der Waals surface area contributed by atoms with Gasteiger partial charge in [0.1, 0.15) is 0 Å². The van der Waals surface area contributed by atoms with Crippen LogP contribution in [0.2, 0.25) is 0 Å². The third kappa shape index (κ3) is 4.26. The van der Waals surface area contributed by atoms with Gasteiger partial charge in [0.25, 0.3) is 0 Å². The first-order valence-electron chi connectivity index (χ1n) is 9.41. The number of tetrazole rings is 1. The van der Waals surface area contributed by atoms with Crippen LogP contribution in [0.15, 0.2) is 29.4 Å². The Kier molecular flexibility index (Phi) is 6.29. The Labute approximate surface area is 159 Å². The summed E-state index contributed by atoms with van der Waals surface area (Å²) in [5.74, 6) is 1.05. The maximum Gasteiger partial charge on any atom is 0.233 e. The van der Waals surface area contributed by atoms with E-state index in [0.717, 1.165) is 31.5 Å². The van der Waals surface area contributed by atoms with Gasteiger partial charge in [0.15, 0.2) is 0 Å². The van der Waals surface area contributed by atoms with E-state index < -0.39 is 0 Å². The Morgan fingerprint density at radius 3 is 2.73 bits per heavy atom. The highest BCUT2D eigenvalue weighted by Crippen LogP contribution is 2.24. The van der Waals surface area contributed by atoms with Crippen LogP contribution < -0.4 is 0 Å². The smallest absolute Gasteiger partial charge is 0.233 e. The Bertz CT molecular complexity index is 728. The molecule has 1 aromatic heterocycles. The number of piperidine rings is 1. The molecule has 6 nitrogen and oxygen atoms in total. The minimum atomic E-state index is 0.186. The van der Waals surface area contributed by atoms with Crippen molar-refractivity contribution in [3.63, 3.8) is 0 Å². The third-order valence-electron chi connectivity index (χ3n) is 4.99. The quantitative estimate of drug-likeness (QED) is 0.723. The Morgan fingerprint density at radius 1 is 1.27 bits per heavy atom. The van der Waals surface area contributed by atoms with Crippen molar-refractivity contribution in [1.29, 1.82) is 0 Å². The minimum Gasteiger partial charge on any atom is -0.339 e. The van der Waals surface area contributed by atoms with Gasteiger partial charge in [-0.15, -0.1) is 5.10 Å². The van der Waals surface area contributed by atoms with Gasteiger partial charge in [-0.05, 0) is 59.7 Å². The lowest BCUT2D eigenvalue weighted by atomic mass is 10.0. The van der Waals surface area contributed by atoms with Gasteiger partial charge in [0, 0.05) is 12.6 Å². The SMILES string of the molecule is CC[C@@H]1CCCCN1C(=O)CSc1nnnn1-c1ccc(C(C)C)cc1. The van der Waals surface area contributed by atoms with Crippen LogP contribution in [0.1, 0.15) is 57.9 Å². The van der Waals surface area contributed by atoms with Crippen LogP contribution in [0.5, 0.6) is 0 Å². The highest BCUT2D eigenvalue weighted by atomic mass is 32.2. The van der Waals surface area contributed by atoms with E-state index in [1.807, 2.05) is 17.0 Å². The fourth-order valence-electron chi connectivity index (χ4n) is 3.39. The summed E-state index contributed by atoms with van der Waals surface area (Å²) in [6.07, 6.45) is 4.47. The van der Waals surface area contributed by atoms with Gasteiger partial charge >= 0.3 is 0 Å². The van der Waals surface area contributed by atoms with Gasteiger partial charge in [0.05, 0.1) is 11.4 Å². The van der Waals surface area contributed by atoms with E-state index in [1.54, 1.807) is 4.68 Å². The molecule has 1 aliphatic rings. The molecule has 2 aromatic rings. The zero-order chi connectivity index (χ0) is 18.5. The maximum absolute atomic E-state index is 12.7. The number of carbonyl (C=O) groups is 1. The van der Waals surface area contributed by atoms with Crippen molar-refractivity contribution in [2.45, 2.75) is 63.6 Å². The summed E-state index contributed by atoms with van der Waals surface area (Å²) in [6, 6.07) is 8.63. The summed E-state index contributed by atoms with van der Waals surface area (Å²) in [6.45, 7) is 7.37. The normalized spacial score (nSPS) is 17.7. The zero-order valence-electron chi connectivity index (χ0n) is 15.8. The molecule has 3 rings (SSSR count). The molecule has 0 N–H and O–H groups in total. The number of nitrogens with zero attached hydrogens (tertiary/aromatic N) is 5. The Morgan fingerprint density at radius 2 is 2.04 bits per heavy atom. The second-order valence-corrected chi connectivity index (χ2v) is 8.00. The number of hydrogen-bond donors (Lipinski definition) is 0. The minimum absolute atomic E-state index is 0.186. The standard InChI is InChI=1S/C19H27N5OS/c1-4-16-7-5-6-12-23(16)18(25)13-26-19-20-21-22-24(19)17-10-8-15(9-11-17)14(2)3/h8-11,14,16H,4-7,12-13H2,1-3H3/t16-/m1/s1. The van der Waals surface area contributed by atoms with E-state index in [4.69, 9.17) is 0 Å². The van der Waals surface area contributed by atoms with Gasteiger partial charge in [-0.25, -0.2) is 0 Å². The largest absolute Gasteiger partial charge is 0.339 e. The molecule has 2 heterocycles. The van der Waals surface area contributed by atoms with Crippen molar-refractivity contribution in [3.05, 3.63) is 29.8 Å². The van der Waals surface area contributed by atoms with Crippen LogP contribution >= 0.6 is 11.8 Å². The first kappa shape index (κ1) is 18.9. The van der Waals surface area contributed by atoms with E-state index >= 15 is 0 Å². The lowest BCUT2D eigenvalue weighted by Crippen LogP contribution is -2.44. The number of aromatic nitrogens is 4. The molecule has 7 heteroatoms. The summed E-state index contributed by atoms with van der Waals surface area (Å²) in [4.78, 5) is 14.7. The average Bonchev–Trinajstić information content (AvgIpc) is 3.14. The van der Waals surface area contributed by atoms with Crippen molar-refractivity contribution in [2.24, 2.45) is 0 Å². The van der Waals surface area contributed by atoms with Crippen LogP contribution in [0.4, 0.5) is 0 Å². The first-order valence-corrected chi connectivity index (χ1v) is 10.4. The van der Waals surface area contributed by atoms with Gasteiger partial charge < -0.3 is 4.90 Å². The van der Waals surface area contributed by atoms with Crippen LogP contribution in [-0.2, 0) is 4.79 Å². The number of carbonyl (C=O) groups excluding carboxylic acids is 1. The maximum atomic E-state index is 12.7. The van der Waals surface area contributed by atoms with Gasteiger partial charge in [-0.1, -0.05) is 44.7 Å². The number of likely N-dealkylation sites (tertiary alicyclic amines) is 1. The molecule has 0 unspecified atom stereocenters. The van der Waals surface area contributed by atoms with E-state index in [0.29, 0.717) is 22.9 Å². The molecule has 1 saturated heterocycles.